The summed E-state index contributed by atoms with van der Waals surface area (Å²) in [5, 5.41) is 16.1. The number of benzene rings is 2. The van der Waals surface area contributed by atoms with Gasteiger partial charge in [0.15, 0.2) is 17.5 Å². The van der Waals surface area contributed by atoms with Crippen LogP contribution in [0.4, 0.5) is 14.6 Å². The maximum absolute atomic E-state index is 14.6. The topological polar surface area (TPSA) is 143 Å². The van der Waals surface area contributed by atoms with Crippen LogP contribution in [0.1, 0.15) is 18.3 Å². The molecule has 11 heteroatoms. The van der Waals surface area contributed by atoms with E-state index in [1.165, 1.54) is 36.5 Å². The second-order valence-corrected chi connectivity index (χ2v) is 7.96. The highest BCUT2D eigenvalue weighted by atomic mass is 35.5. The number of amidine groups is 2. The molecule has 0 aliphatic rings. The van der Waals surface area contributed by atoms with Crippen LogP contribution in [-0.4, -0.2) is 32.4 Å². The highest BCUT2D eigenvalue weighted by Gasteiger charge is 2.18. The van der Waals surface area contributed by atoms with E-state index in [1.54, 1.807) is 42.8 Å². The molecule has 0 aliphatic carbocycles. The lowest BCUT2D eigenvalue weighted by Crippen LogP contribution is -2.10. The van der Waals surface area contributed by atoms with Gasteiger partial charge in [-0.15, -0.1) is 0 Å². The van der Waals surface area contributed by atoms with Gasteiger partial charge in [0.1, 0.15) is 17.2 Å². The molecule has 184 valence electrons. The van der Waals surface area contributed by atoms with Crippen LogP contribution in [0.15, 0.2) is 59.7 Å². The summed E-state index contributed by atoms with van der Waals surface area (Å²) in [5.74, 6) is -0.330. The maximum atomic E-state index is 14.6. The molecule has 0 fully saturated rings. The van der Waals surface area contributed by atoms with Crippen molar-refractivity contribution in [1.29, 1.82) is 10.8 Å². The van der Waals surface area contributed by atoms with Crippen molar-refractivity contribution in [2.75, 3.05) is 5.73 Å². The number of nitrogens with one attached hydrogen (secondary N) is 2. The smallest absolute Gasteiger partial charge is 0.173 e. The third-order valence-electron chi connectivity index (χ3n) is 4.88. The van der Waals surface area contributed by atoms with Crippen molar-refractivity contribution in [3.05, 3.63) is 82.8 Å². The van der Waals surface area contributed by atoms with Crippen molar-refractivity contribution < 1.29 is 8.78 Å². The van der Waals surface area contributed by atoms with Gasteiger partial charge in [-0.3, -0.25) is 5.41 Å². The summed E-state index contributed by atoms with van der Waals surface area (Å²) in [6.45, 7) is 3.37. The summed E-state index contributed by atoms with van der Waals surface area (Å²) < 4.78 is 28.4. The molecular formula is C25H23ClF2N8. The molecule has 0 aliphatic heterocycles. The molecule has 0 saturated heterocycles. The van der Waals surface area contributed by atoms with E-state index in [0.29, 0.717) is 33.0 Å². The van der Waals surface area contributed by atoms with Crippen LogP contribution in [0.5, 0.6) is 0 Å². The van der Waals surface area contributed by atoms with E-state index < -0.39 is 5.82 Å². The first-order chi connectivity index (χ1) is 17.1. The molecule has 2 heterocycles. The molecule has 2 aromatic heterocycles. The Kier molecular flexibility index (Phi) is 8.23. The van der Waals surface area contributed by atoms with Gasteiger partial charge in [0.2, 0.25) is 0 Å². The van der Waals surface area contributed by atoms with Crippen molar-refractivity contribution >= 4 is 52.5 Å². The number of aliphatic imine (C=N–C) groups is 1. The van der Waals surface area contributed by atoms with E-state index in [9.17, 15) is 8.78 Å². The van der Waals surface area contributed by atoms with Crippen molar-refractivity contribution in [2.45, 2.75) is 13.8 Å². The number of rotatable bonds is 4. The standard InChI is InChI=1S/C19H19FN8.C6H4ClF/c1-10(22)26-18(23)14-8-12(13-4-6-25-19(24)16(13)20)9-15-17(14)27-11(2)28(15)7-3-5-21;7-5-1-3-6(8)4-2-5/h3-9,21H,1-2H3,(H2,24,25)(H3,22,23,26);1-4H/b7-3+,21-5?;. The Morgan fingerprint density at radius 2 is 1.86 bits per heavy atom. The number of aryl methyl sites for hydroxylation is 1. The molecule has 0 spiro atoms. The Morgan fingerprint density at radius 3 is 2.47 bits per heavy atom. The number of hydrogen-bond donors (Lipinski definition) is 4. The summed E-state index contributed by atoms with van der Waals surface area (Å²) >= 11 is 5.44. The number of imidazole rings is 1. The number of fused-ring (bicyclic) bond motifs is 1. The zero-order valence-corrected chi connectivity index (χ0v) is 20.2. The van der Waals surface area contributed by atoms with E-state index in [1.807, 2.05) is 0 Å². The number of halogens is 3. The van der Waals surface area contributed by atoms with Crippen LogP contribution in [0.2, 0.25) is 5.02 Å². The second kappa shape index (κ2) is 11.3. The third-order valence-corrected chi connectivity index (χ3v) is 5.13. The molecule has 0 bridgehead atoms. The minimum Gasteiger partial charge on any atom is -0.387 e. The number of aromatic nitrogens is 3. The third kappa shape index (κ3) is 5.97. The Labute approximate surface area is 211 Å². The van der Waals surface area contributed by atoms with Gasteiger partial charge in [-0.2, -0.15) is 0 Å². The fraction of sp³-hybridized carbons (Fsp3) is 0.0800. The van der Waals surface area contributed by atoms with E-state index in [-0.39, 0.29) is 28.9 Å². The van der Waals surface area contributed by atoms with E-state index in [4.69, 9.17) is 33.9 Å². The fourth-order valence-corrected chi connectivity index (χ4v) is 3.44. The van der Waals surface area contributed by atoms with Crippen molar-refractivity contribution in [2.24, 2.45) is 10.7 Å². The molecule has 2 aromatic carbocycles. The summed E-state index contributed by atoms with van der Waals surface area (Å²) in [4.78, 5) is 12.3. The number of allylic oxidation sites excluding steroid dienone is 1. The first kappa shape index (κ1) is 26.2. The Balaban J connectivity index is 0.000000383. The molecule has 36 heavy (non-hydrogen) atoms. The van der Waals surface area contributed by atoms with Gasteiger partial charge >= 0.3 is 0 Å². The predicted octanol–water partition coefficient (Wildman–Crippen LogP) is 5.43. The number of anilines is 1. The summed E-state index contributed by atoms with van der Waals surface area (Å²) in [5.41, 5.74) is 13.5. The van der Waals surface area contributed by atoms with Crippen LogP contribution >= 0.6 is 11.6 Å². The van der Waals surface area contributed by atoms with Crippen molar-refractivity contribution in [3.8, 4) is 11.1 Å². The number of nitrogens with two attached hydrogens (primary N) is 2. The Hall–Kier alpha value is -4.44. The van der Waals surface area contributed by atoms with Gasteiger partial charge in [-0.1, -0.05) is 11.6 Å². The van der Waals surface area contributed by atoms with Crippen LogP contribution in [0.3, 0.4) is 0 Å². The average Bonchev–Trinajstić information content (AvgIpc) is 3.15. The number of nitrogen functional groups attached to an aromatic ring is 1. The highest BCUT2D eigenvalue weighted by molar-refractivity contribution is 6.30. The second-order valence-electron chi connectivity index (χ2n) is 7.52. The average molecular weight is 509 g/mol. The van der Waals surface area contributed by atoms with Crippen LogP contribution in [-0.2, 0) is 0 Å². The number of hydrogen-bond acceptors (Lipinski definition) is 5. The summed E-state index contributed by atoms with van der Waals surface area (Å²) in [6.07, 6.45) is 5.77. The molecule has 8 nitrogen and oxygen atoms in total. The summed E-state index contributed by atoms with van der Waals surface area (Å²) in [6, 6.07) is 10.6. The van der Waals surface area contributed by atoms with Crippen molar-refractivity contribution in [3.63, 3.8) is 0 Å². The molecule has 6 N–H and O–H groups in total. The van der Waals surface area contributed by atoms with Gasteiger partial charge < -0.3 is 21.4 Å². The number of pyridine rings is 1. The maximum Gasteiger partial charge on any atom is 0.173 e. The minimum absolute atomic E-state index is 0.0880. The molecular weight excluding hydrogens is 486 g/mol. The monoisotopic (exact) mass is 508 g/mol. The van der Waals surface area contributed by atoms with E-state index in [2.05, 4.69) is 15.0 Å². The zero-order chi connectivity index (χ0) is 26.4. The van der Waals surface area contributed by atoms with E-state index in [0.717, 1.165) is 6.21 Å². The van der Waals surface area contributed by atoms with Crippen LogP contribution in [0, 0.1) is 29.4 Å². The summed E-state index contributed by atoms with van der Waals surface area (Å²) in [7, 11) is 0. The first-order valence-corrected chi connectivity index (χ1v) is 10.9. The first-order valence-electron chi connectivity index (χ1n) is 10.5. The molecule has 0 radical (unpaired) electrons. The van der Waals surface area contributed by atoms with Gasteiger partial charge in [0.25, 0.3) is 0 Å². The van der Waals surface area contributed by atoms with Crippen molar-refractivity contribution in [1.82, 2.24) is 14.5 Å². The van der Waals surface area contributed by atoms with Gasteiger partial charge in [-0.05, 0) is 68.0 Å². The lowest BCUT2D eigenvalue weighted by molar-refractivity contribution is 0.628. The SMILES string of the molecule is CC(N)=NC(=N)c1cc(-c2ccnc(N)c2F)cc2c1nc(C)n2/C=C/C=N.Fc1ccc(Cl)cc1. The molecule has 0 amide bonds. The lowest BCUT2D eigenvalue weighted by Gasteiger charge is -2.09. The fourth-order valence-electron chi connectivity index (χ4n) is 3.31. The highest BCUT2D eigenvalue weighted by Crippen LogP contribution is 2.31. The molecule has 4 rings (SSSR count). The van der Waals surface area contributed by atoms with E-state index >= 15 is 0 Å². The quantitative estimate of drug-likeness (QED) is 0.215. The Bertz CT molecular complexity index is 1470. The molecule has 4 aromatic rings. The van der Waals surface area contributed by atoms with Gasteiger partial charge in [-0.25, -0.2) is 23.7 Å². The normalized spacial score (nSPS) is 11.4. The molecule has 0 atom stereocenters. The van der Waals surface area contributed by atoms with Crippen LogP contribution in [0.25, 0.3) is 28.4 Å². The lowest BCUT2D eigenvalue weighted by atomic mass is 10.0. The largest absolute Gasteiger partial charge is 0.387 e. The van der Waals surface area contributed by atoms with Gasteiger partial charge in [0, 0.05) is 34.8 Å². The zero-order valence-electron chi connectivity index (χ0n) is 19.4. The van der Waals surface area contributed by atoms with Crippen LogP contribution < -0.4 is 11.5 Å². The molecule has 0 unspecified atom stereocenters. The predicted molar refractivity (Wildman–Crippen MR) is 142 cm³/mol. The molecule has 0 saturated carbocycles. The number of nitrogens with zero attached hydrogens (tertiary/aromatic N) is 4. The minimum atomic E-state index is -0.643. The van der Waals surface area contributed by atoms with Gasteiger partial charge in [0.05, 0.1) is 11.4 Å². The Morgan fingerprint density at radius 1 is 1.17 bits per heavy atom.